The van der Waals surface area contributed by atoms with E-state index in [2.05, 4.69) is 15.5 Å². The van der Waals surface area contributed by atoms with Crippen molar-refractivity contribution in [2.24, 2.45) is 5.92 Å². The van der Waals surface area contributed by atoms with Crippen molar-refractivity contribution >= 4 is 17.3 Å². The van der Waals surface area contributed by atoms with E-state index < -0.39 is 4.92 Å². The summed E-state index contributed by atoms with van der Waals surface area (Å²) in [6, 6.07) is 5.25. The van der Waals surface area contributed by atoms with Crippen LogP contribution in [0.3, 0.4) is 0 Å². The van der Waals surface area contributed by atoms with Gasteiger partial charge in [-0.05, 0) is 56.6 Å². The number of nitrogens with zero attached hydrogens (tertiary/aromatic N) is 2. The minimum atomic E-state index is -0.394. The van der Waals surface area contributed by atoms with Gasteiger partial charge in [0.2, 0.25) is 0 Å². The Balaban J connectivity index is 1.32. The Kier molecular flexibility index (Phi) is 6.33. The predicted octanol–water partition coefficient (Wildman–Crippen LogP) is 3.94. The molecule has 1 aromatic rings. The molecule has 29 heavy (non-hydrogen) atoms. The first-order chi connectivity index (χ1) is 14.1. The minimum absolute atomic E-state index is 0.0157. The third-order valence-corrected chi connectivity index (χ3v) is 6.56. The van der Waals surface area contributed by atoms with Gasteiger partial charge in [0.1, 0.15) is 5.69 Å². The average molecular weight is 401 g/mol. The molecule has 2 N–H and O–H groups in total. The smallest absolute Gasteiger partial charge is 0.293 e. The van der Waals surface area contributed by atoms with Crippen molar-refractivity contribution in [3.63, 3.8) is 0 Å². The van der Waals surface area contributed by atoms with Gasteiger partial charge in [-0.25, -0.2) is 0 Å². The van der Waals surface area contributed by atoms with Gasteiger partial charge in [0.15, 0.2) is 0 Å². The van der Waals surface area contributed by atoms with Crippen LogP contribution in [0.25, 0.3) is 0 Å². The molecule has 4 rings (SSSR count). The summed E-state index contributed by atoms with van der Waals surface area (Å²) in [6.07, 6.45) is 10.8. The second-order valence-corrected chi connectivity index (χ2v) is 8.96. The molecule has 0 radical (unpaired) electrons. The Morgan fingerprint density at radius 1 is 1.03 bits per heavy atom. The summed E-state index contributed by atoms with van der Waals surface area (Å²) in [5, 5.41) is 17.8. The van der Waals surface area contributed by atoms with E-state index in [-0.39, 0.29) is 23.7 Å². The Morgan fingerprint density at radius 3 is 2.41 bits per heavy atom. The summed E-state index contributed by atoms with van der Waals surface area (Å²) >= 11 is 0. The number of amides is 1. The monoisotopic (exact) mass is 400 g/mol. The number of anilines is 1. The zero-order valence-corrected chi connectivity index (χ0v) is 17.1. The molecule has 0 bridgehead atoms. The number of nitrogens with one attached hydrogen (secondary N) is 2. The van der Waals surface area contributed by atoms with Crippen LogP contribution in [0.2, 0.25) is 0 Å². The lowest BCUT2D eigenvalue weighted by molar-refractivity contribution is -0.384. The molecule has 3 fully saturated rings. The zero-order valence-electron chi connectivity index (χ0n) is 17.1. The Labute approximate surface area is 172 Å². The van der Waals surface area contributed by atoms with Crippen molar-refractivity contribution in [3.05, 3.63) is 33.9 Å². The lowest BCUT2D eigenvalue weighted by atomic mass is 9.88. The van der Waals surface area contributed by atoms with Crippen LogP contribution in [0.4, 0.5) is 11.4 Å². The summed E-state index contributed by atoms with van der Waals surface area (Å²) in [5.74, 6) is 0.627. The third-order valence-electron chi connectivity index (χ3n) is 6.56. The summed E-state index contributed by atoms with van der Waals surface area (Å²) in [4.78, 5) is 26.0. The molecule has 0 spiro atoms. The van der Waals surface area contributed by atoms with E-state index in [4.69, 9.17) is 0 Å². The molecule has 2 saturated carbocycles. The second kappa shape index (κ2) is 9.11. The van der Waals surface area contributed by atoms with E-state index in [1.165, 1.54) is 44.7 Å². The largest absolute Gasteiger partial charge is 0.377 e. The Bertz CT molecular complexity index is 736. The summed E-state index contributed by atoms with van der Waals surface area (Å²) in [5.41, 5.74) is 0.859. The van der Waals surface area contributed by atoms with Crippen LogP contribution < -0.4 is 10.6 Å². The van der Waals surface area contributed by atoms with Crippen molar-refractivity contribution in [3.8, 4) is 0 Å². The SMILES string of the molecule is O=C(NC1CC1)c1ccc(NC2CCN(CC3CCCCC3)CC2)c([N+](=O)[O-])c1. The maximum Gasteiger partial charge on any atom is 0.293 e. The third kappa shape index (κ3) is 5.47. The van der Waals surface area contributed by atoms with E-state index in [1.54, 1.807) is 12.1 Å². The topological polar surface area (TPSA) is 87.5 Å². The second-order valence-electron chi connectivity index (χ2n) is 8.96. The number of carbonyl (C=O) groups is 1. The average Bonchev–Trinajstić information content (AvgIpc) is 3.54. The lowest BCUT2D eigenvalue weighted by Gasteiger charge is -2.35. The first-order valence-corrected chi connectivity index (χ1v) is 11.2. The molecule has 7 nitrogen and oxygen atoms in total. The number of rotatable bonds is 7. The highest BCUT2D eigenvalue weighted by atomic mass is 16.6. The number of hydrogen-bond donors (Lipinski definition) is 2. The van der Waals surface area contributed by atoms with Crippen LogP contribution in [0.5, 0.6) is 0 Å². The van der Waals surface area contributed by atoms with Crippen molar-refractivity contribution in [2.45, 2.75) is 69.9 Å². The molecular weight excluding hydrogens is 368 g/mol. The highest BCUT2D eigenvalue weighted by molar-refractivity contribution is 5.96. The molecule has 1 amide bonds. The number of hydrogen-bond acceptors (Lipinski definition) is 5. The lowest BCUT2D eigenvalue weighted by Crippen LogP contribution is -2.41. The Morgan fingerprint density at radius 2 is 1.76 bits per heavy atom. The minimum Gasteiger partial charge on any atom is -0.377 e. The maximum absolute atomic E-state index is 12.2. The van der Waals surface area contributed by atoms with Gasteiger partial charge in [0, 0.05) is 43.3 Å². The maximum atomic E-state index is 12.2. The number of benzene rings is 1. The molecular formula is C22H32N4O3. The highest BCUT2D eigenvalue weighted by Gasteiger charge is 2.27. The molecule has 3 aliphatic rings. The van der Waals surface area contributed by atoms with Gasteiger partial charge < -0.3 is 15.5 Å². The van der Waals surface area contributed by atoms with Crippen molar-refractivity contribution in [1.29, 1.82) is 0 Å². The molecule has 0 atom stereocenters. The molecule has 1 saturated heterocycles. The van der Waals surface area contributed by atoms with Gasteiger partial charge in [-0.2, -0.15) is 0 Å². The Hall–Kier alpha value is -2.15. The molecule has 158 valence electrons. The van der Waals surface area contributed by atoms with Crippen molar-refractivity contribution in [1.82, 2.24) is 10.2 Å². The summed E-state index contributed by atoms with van der Waals surface area (Å²) < 4.78 is 0. The van der Waals surface area contributed by atoms with E-state index in [1.807, 2.05) is 0 Å². The fraction of sp³-hybridized carbons (Fsp3) is 0.682. The normalized spacial score (nSPS) is 21.7. The fourth-order valence-corrected chi connectivity index (χ4v) is 4.66. The molecule has 1 aromatic carbocycles. The van der Waals surface area contributed by atoms with Gasteiger partial charge in [0.05, 0.1) is 4.92 Å². The molecule has 1 aliphatic heterocycles. The standard InChI is InChI=1S/C22H32N4O3/c27-22(24-18-7-8-18)17-6-9-20(21(14-17)26(28)29)23-19-10-12-25(13-11-19)15-16-4-2-1-3-5-16/h6,9,14,16,18-19,23H,1-5,7-8,10-13,15H2,(H,24,27). The van der Waals surface area contributed by atoms with Crippen molar-refractivity contribution in [2.75, 3.05) is 25.0 Å². The fourth-order valence-electron chi connectivity index (χ4n) is 4.66. The summed E-state index contributed by atoms with van der Waals surface area (Å²) in [7, 11) is 0. The van der Waals surface area contributed by atoms with Crippen LogP contribution in [0.15, 0.2) is 18.2 Å². The molecule has 2 aliphatic carbocycles. The van der Waals surface area contributed by atoms with E-state index in [0.717, 1.165) is 44.7 Å². The molecule has 7 heteroatoms. The molecule has 0 unspecified atom stereocenters. The highest BCUT2D eigenvalue weighted by Crippen LogP contribution is 2.30. The van der Waals surface area contributed by atoms with Gasteiger partial charge >= 0.3 is 0 Å². The van der Waals surface area contributed by atoms with Crippen LogP contribution >= 0.6 is 0 Å². The van der Waals surface area contributed by atoms with Crippen molar-refractivity contribution < 1.29 is 9.72 Å². The van der Waals surface area contributed by atoms with Crippen LogP contribution in [0.1, 0.15) is 68.1 Å². The zero-order chi connectivity index (χ0) is 20.2. The van der Waals surface area contributed by atoms with Gasteiger partial charge in [-0.1, -0.05) is 19.3 Å². The molecule has 1 heterocycles. The number of nitro benzene ring substituents is 1. The first-order valence-electron chi connectivity index (χ1n) is 11.2. The van der Waals surface area contributed by atoms with E-state index in [9.17, 15) is 14.9 Å². The van der Waals surface area contributed by atoms with Gasteiger partial charge in [-0.15, -0.1) is 0 Å². The van der Waals surface area contributed by atoms with Gasteiger partial charge in [-0.3, -0.25) is 14.9 Å². The number of carbonyl (C=O) groups excluding carboxylic acids is 1. The van der Waals surface area contributed by atoms with Crippen LogP contribution in [-0.4, -0.2) is 47.4 Å². The van der Waals surface area contributed by atoms with E-state index >= 15 is 0 Å². The number of likely N-dealkylation sites (tertiary alicyclic amines) is 1. The molecule has 0 aromatic heterocycles. The quantitative estimate of drug-likeness (QED) is 0.535. The summed E-state index contributed by atoms with van der Waals surface area (Å²) in [6.45, 7) is 3.30. The number of nitro groups is 1. The first kappa shape index (κ1) is 20.1. The predicted molar refractivity (Wildman–Crippen MR) is 113 cm³/mol. The van der Waals surface area contributed by atoms with Gasteiger partial charge in [0.25, 0.3) is 11.6 Å². The van der Waals surface area contributed by atoms with Crippen LogP contribution in [-0.2, 0) is 0 Å². The number of piperidine rings is 1. The van der Waals surface area contributed by atoms with Crippen LogP contribution in [0, 0.1) is 16.0 Å². The van der Waals surface area contributed by atoms with E-state index in [0.29, 0.717) is 11.3 Å².